The van der Waals surface area contributed by atoms with Crippen molar-refractivity contribution in [2.75, 3.05) is 0 Å². The van der Waals surface area contributed by atoms with Crippen LogP contribution in [-0.4, -0.2) is 16.0 Å². The van der Waals surface area contributed by atoms with E-state index in [2.05, 4.69) is 6.92 Å². The second kappa shape index (κ2) is 15.9. The van der Waals surface area contributed by atoms with Crippen LogP contribution in [-0.2, 0) is 4.79 Å². The second-order valence-electron chi connectivity index (χ2n) is 8.12. The molecule has 0 aliphatic carbocycles. The van der Waals surface area contributed by atoms with Crippen molar-refractivity contribution >= 4 is 11.7 Å². The van der Waals surface area contributed by atoms with Crippen molar-refractivity contribution in [2.24, 2.45) is 0 Å². The minimum Gasteiger partial charge on any atom is -0.481 e. The van der Waals surface area contributed by atoms with E-state index in [1.807, 2.05) is 0 Å². The molecule has 164 valence electrons. The molecule has 0 aliphatic rings. The summed E-state index contributed by atoms with van der Waals surface area (Å²) in [4.78, 5) is 22.0. The lowest BCUT2D eigenvalue weighted by molar-refractivity contribution is -0.385. The number of carbonyl (C=O) groups is 1. The Morgan fingerprint density at radius 1 is 0.897 bits per heavy atom. The fourth-order valence-corrected chi connectivity index (χ4v) is 3.98. The summed E-state index contributed by atoms with van der Waals surface area (Å²) < 4.78 is 0. The molecule has 5 heteroatoms. The van der Waals surface area contributed by atoms with Crippen molar-refractivity contribution in [2.45, 2.75) is 109 Å². The molecular formula is C24H39NO4. The lowest BCUT2D eigenvalue weighted by atomic mass is 9.88. The van der Waals surface area contributed by atoms with E-state index in [1.165, 1.54) is 70.3 Å². The van der Waals surface area contributed by atoms with Crippen LogP contribution >= 0.6 is 0 Å². The fraction of sp³-hybridized carbons (Fsp3) is 0.708. The van der Waals surface area contributed by atoms with Gasteiger partial charge in [-0.05, 0) is 18.8 Å². The first-order chi connectivity index (χ1) is 14.1. The first-order valence-corrected chi connectivity index (χ1v) is 11.5. The van der Waals surface area contributed by atoms with Crippen molar-refractivity contribution in [1.82, 2.24) is 0 Å². The minimum atomic E-state index is -0.844. The number of aliphatic carboxylic acids is 1. The van der Waals surface area contributed by atoms with E-state index in [1.54, 1.807) is 18.2 Å². The fourth-order valence-electron chi connectivity index (χ4n) is 3.98. The summed E-state index contributed by atoms with van der Waals surface area (Å²) >= 11 is 0. The van der Waals surface area contributed by atoms with Gasteiger partial charge in [-0.3, -0.25) is 14.9 Å². The van der Waals surface area contributed by atoms with E-state index in [0.29, 0.717) is 12.0 Å². The van der Waals surface area contributed by atoms with Crippen LogP contribution in [0.5, 0.6) is 0 Å². The number of nitro groups is 1. The van der Waals surface area contributed by atoms with Gasteiger partial charge in [0.25, 0.3) is 5.69 Å². The Bertz CT molecular complexity index is 588. The van der Waals surface area contributed by atoms with Gasteiger partial charge in [0.05, 0.1) is 4.92 Å². The Hall–Kier alpha value is -1.91. The molecule has 0 amide bonds. The molecular weight excluding hydrogens is 366 g/mol. The van der Waals surface area contributed by atoms with Crippen molar-refractivity contribution in [3.8, 4) is 0 Å². The van der Waals surface area contributed by atoms with E-state index < -0.39 is 5.97 Å². The molecule has 0 heterocycles. The molecule has 1 aromatic rings. The van der Waals surface area contributed by atoms with E-state index in [0.717, 1.165) is 19.3 Å². The van der Waals surface area contributed by atoms with Crippen molar-refractivity contribution in [3.05, 3.63) is 39.9 Å². The van der Waals surface area contributed by atoms with Crippen LogP contribution in [0.25, 0.3) is 0 Å². The Morgan fingerprint density at radius 2 is 1.41 bits per heavy atom. The molecule has 1 rings (SSSR count). The zero-order valence-electron chi connectivity index (χ0n) is 18.1. The number of nitro benzene ring substituents is 1. The number of hydrogen-bond donors (Lipinski definition) is 1. The van der Waals surface area contributed by atoms with Gasteiger partial charge in [-0.1, -0.05) is 102 Å². The Balaban J connectivity index is 2.30. The highest BCUT2D eigenvalue weighted by Crippen LogP contribution is 2.33. The van der Waals surface area contributed by atoms with Crippen LogP contribution < -0.4 is 0 Å². The average molecular weight is 406 g/mol. The van der Waals surface area contributed by atoms with Crippen molar-refractivity contribution in [3.63, 3.8) is 0 Å². The normalized spacial score (nSPS) is 12.0. The smallest absolute Gasteiger partial charge is 0.303 e. The molecule has 5 nitrogen and oxygen atoms in total. The molecule has 29 heavy (non-hydrogen) atoms. The number of unbranched alkanes of at least 4 members (excludes halogenated alkanes) is 11. The molecule has 1 aromatic carbocycles. The maximum absolute atomic E-state index is 11.3. The molecule has 0 radical (unpaired) electrons. The van der Waals surface area contributed by atoms with Crippen molar-refractivity contribution < 1.29 is 14.8 Å². The summed E-state index contributed by atoms with van der Waals surface area (Å²) in [6.45, 7) is 2.25. The highest BCUT2D eigenvalue weighted by Gasteiger charge is 2.22. The third-order valence-corrected chi connectivity index (χ3v) is 5.69. The van der Waals surface area contributed by atoms with Gasteiger partial charge in [0, 0.05) is 18.1 Å². The van der Waals surface area contributed by atoms with Crippen molar-refractivity contribution in [1.29, 1.82) is 0 Å². The summed E-state index contributed by atoms with van der Waals surface area (Å²) in [6.07, 6.45) is 16.6. The predicted octanol–water partition coefficient (Wildman–Crippen LogP) is 7.63. The quantitative estimate of drug-likeness (QED) is 0.155. The summed E-state index contributed by atoms with van der Waals surface area (Å²) in [6, 6.07) is 6.77. The van der Waals surface area contributed by atoms with E-state index in [9.17, 15) is 14.9 Å². The van der Waals surface area contributed by atoms with E-state index in [-0.39, 0.29) is 22.9 Å². The van der Waals surface area contributed by atoms with Gasteiger partial charge in [-0.2, -0.15) is 0 Å². The number of rotatable bonds is 18. The third kappa shape index (κ3) is 11.6. The summed E-state index contributed by atoms with van der Waals surface area (Å²) in [5, 5.41) is 20.4. The van der Waals surface area contributed by atoms with Crippen LogP contribution in [0.2, 0.25) is 0 Å². The predicted molar refractivity (Wildman–Crippen MR) is 118 cm³/mol. The zero-order valence-corrected chi connectivity index (χ0v) is 18.1. The van der Waals surface area contributed by atoms with E-state index in [4.69, 9.17) is 5.11 Å². The summed E-state index contributed by atoms with van der Waals surface area (Å²) in [7, 11) is 0. The lowest BCUT2D eigenvalue weighted by Gasteiger charge is -2.16. The van der Waals surface area contributed by atoms with Gasteiger partial charge in [-0.15, -0.1) is 0 Å². The Labute approximate surface area is 176 Å². The minimum absolute atomic E-state index is 0.0506. The summed E-state index contributed by atoms with van der Waals surface area (Å²) in [5.41, 5.74) is 0.795. The highest BCUT2D eigenvalue weighted by atomic mass is 16.6. The highest BCUT2D eigenvalue weighted by molar-refractivity contribution is 5.66. The molecule has 1 N–H and O–H groups in total. The van der Waals surface area contributed by atoms with Crippen LogP contribution in [0.4, 0.5) is 5.69 Å². The maximum atomic E-state index is 11.3. The number of carboxylic acid groups (broad SMARTS) is 1. The van der Waals surface area contributed by atoms with Gasteiger partial charge in [0.15, 0.2) is 0 Å². The maximum Gasteiger partial charge on any atom is 0.303 e. The summed E-state index contributed by atoms with van der Waals surface area (Å²) in [5.74, 6) is -0.904. The van der Waals surface area contributed by atoms with Gasteiger partial charge >= 0.3 is 5.97 Å². The Kier molecular flexibility index (Phi) is 13.8. The number of nitrogens with zero attached hydrogens (tertiary/aromatic N) is 1. The first-order valence-electron chi connectivity index (χ1n) is 11.5. The second-order valence-corrected chi connectivity index (χ2v) is 8.12. The molecule has 0 aliphatic heterocycles. The molecule has 0 spiro atoms. The monoisotopic (exact) mass is 405 g/mol. The molecule has 1 atom stereocenters. The van der Waals surface area contributed by atoms with Crippen LogP contribution in [0, 0.1) is 10.1 Å². The topological polar surface area (TPSA) is 80.4 Å². The molecule has 0 saturated heterocycles. The molecule has 0 bridgehead atoms. The Morgan fingerprint density at radius 3 is 1.93 bits per heavy atom. The van der Waals surface area contributed by atoms with Gasteiger partial charge < -0.3 is 5.11 Å². The third-order valence-electron chi connectivity index (χ3n) is 5.69. The number of benzene rings is 1. The molecule has 1 unspecified atom stereocenters. The van der Waals surface area contributed by atoms with Gasteiger partial charge in [0.2, 0.25) is 0 Å². The van der Waals surface area contributed by atoms with Gasteiger partial charge in [-0.25, -0.2) is 0 Å². The van der Waals surface area contributed by atoms with Crippen LogP contribution in [0.3, 0.4) is 0 Å². The standard InChI is InChI=1S/C24H39NO4/c1-2-3-4-5-6-7-8-9-10-11-12-13-16-21(19-20-24(26)27)22-17-14-15-18-23(22)25(28)29/h14-15,17-18,21H,2-13,16,19-20H2,1H3,(H,26,27). The van der Waals surface area contributed by atoms with E-state index >= 15 is 0 Å². The van der Waals surface area contributed by atoms with Crippen LogP contribution in [0.15, 0.2) is 24.3 Å². The zero-order chi connectivity index (χ0) is 21.3. The SMILES string of the molecule is CCCCCCCCCCCCCCC(CCC(=O)O)c1ccccc1[N+](=O)[O-]. The first kappa shape index (κ1) is 25.1. The molecule has 0 fully saturated rings. The number of carboxylic acids is 1. The largest absolute Gasteiger partial charge is 0.481 e. The number of para-hydroxylation sites is 1. The molecule has 0 saturated carbocycles. The van der Waals surface area contributed by atoms with Gasteiger partial charge in [0.1, 0.15) is 0 Å². The van der Waals surface area contributed by atoms with Crippen LogP contribution in [0.1, 0.15) is 115 Å². The molecule has 0 aromatic heterocycles. The average Bonchev–Trinajstić information content (AvgIpc) is 2.70. The lowest BCUT2D eigenvalue weighted by Crippen LogP contribution is -2.06. The number of hydrogen-bond acceptors (Lipinski definition) is 3.